The number of nitrogens with zero attached hydrogens (tertiary/aromatic N) is 6. The van der Waals surface area contributed by atoms with Crippen molar-refractivity contribution in [1.82, 2.24) is 14.8 Å². The molecule has 10 nitrogen and oxygen atoms in total. The summed E-state index contributed by atoms with van der Waals surface area (Å²) < 4.78 is 60.2. The van der Waals surface area contributed by atoms with Crippen LogP contribution in [0.25, 0.3) is 16.1 Å². The van der Waals surface area contributed by atoms with E-state index in [9.17, 15) is 23.8 Å². The van der Waals surface area contributed by atoms with Gasteiger partial charge in [0.2, 0.25) is 0 Å². The molecular formula is C23H20ClF3N6O4. The molecule has 37 heavy (non-hydrogen) atoms. The zero-order valence-electron chi connectivity index (χ0n) is 19.2. The Morgan fingerprint density at radius 1 is 1.19 bits per heavy atom. The molecule has 3 heterocycles. The summed E-state index contributed by atoms with van der Waals surface area (Å²) in [5.41, 5.74) is 8.52. The van der Waals surface area contributed by atoms with Crippen molar-refractivity contribution < 1.29 is 32.5 Å². The number of fused-ring (bicyclic) bond motifs is 1. The maximum atomic E-state index is 13.8. The van der Waals surface area contributed by atoms with Crippen LogP contribution in [0.4, 0.5) is 13.2 Å². The topological polar surface area (TPSA) is 127 Å². The Kier molecular flexibility index (Phi) is 6.84. The second-order valence-electron chi connectivity index (χ2n) is 8.55. The van der Waals surface area contributed by atoms with Gasteiger partial charge in [0, 0.05) is 15.5 Å². The molecule has 0 spiro atoms. The Morgan fingerprint density at radius 3 is 2.65 bits per heavy atom. The van der Waals surface area contributed by atoms with Gasteiger partial charge in [-0.3, -0.25) is 0 Å². The van der Waals surface area contributed by atoms with Crippen molar-refractivity contribution in [3.8, 4) is 5.69 Å². The van der Waals surface area contributed by atoms with Gasteiger partial charge in [-0.1, -0.05) is 47.0 Å². The molecule has 0 saturated carbocycles. The number of ether oxygens (including phenoxy) is 3. The molecule has 1 N–H and O–H groups in total. The Morgan fingerprint density at radius 2 is 1.95 bits per heavy atom. The summed E-state index contributed by atoms with van der Waals surface area (Å²) in [5, 5.41) is 19.1. The summed E-state index contributed by atoms with van der Waals surface area (Å²) in [6.45, 7) is 1.49. The van der Waals surface area contributed by atoms with E-state index in [1.165, 1.54) is 6.92 Å². The zero-order chi connectivity index (χ0) is 26.3. The third-order valence-electron chi connectivity index (χ3n) is 6.12. The Bertz CT molecular complexity index is 1330. The van der Waals surface area contributed by atoms with Gasteiger partial charge in [0.1, 0.15) is 24.1 Å². The largest absolute Gasteiger partial charge is 0.418 e. The lowest BCUT2D eigenvalue weighted by Crippen LogP contribution is -2.58. The van der Waals surface area contributed by atoms with E-state index >= 15 is 0 Å². The number of halogens is 4. The van der Waals surface area contributed by atoms with Crippen molar-refractivity contribution in [2.75, 3.05) is 6.61 Å². The molecule has 14 heteroatoms. The molecule has 2 aliphatic heterocycles. The number of azide groups is 1. The van der Waals surface area contributed by atoms with Gasteiger partial charge in [0.15, 0.2) is 12.1 Å². The van der Waals surface area contributed by atoms with Crippen molar-refractivity contribution >= 4 is 11.6 Å². The summed E-state index contributed by atoms with van der Waals surface area (Å²) in [4.78, 5) is 7.10. The SMILES string of the molecule is Cc1nc([C@@H]2OC3COC(c4ccccc4)O[C@@H]3[C@H](N=[N+]=[N-])C2O)n(-c2cc(Cl)ccc2C(F)(F)F)n1. The van der Waals surface area contributed by atoms with E-state index < -0.39 is 54.2 Å². The first kappa shape index (κ1) is 25.5. The van der Waals surface area contributed by atoms with Crippen molar-refractivity contribution in [1.29, 1.82) is 0 Å². The standard InChI is InChI=1S/C23H20ClF3N6O4/c1-11-29-21(33(31-11)15-9-13(24)7-8-14(15)23(25,26)27)20-18(34)17(30-32-28)19-16(36-20)10-35-22(37-19)12-5-3-2-4-6-12/h2-9,16-20,22,34H,10H2,1H3/t16?,17-,18?,19+,20-,22?/m1/s1. The first-order valence-electron chi connectivity index (χ1n) is 11.2. The van der Waals surface area contributed by atoms with Gasteiger partial charge in [-0.25, -0.2) is 9.67 Å². The van der Waals surface area contributed by atoms with Gasteiger partial charge in [-0.15, -0.1) is 0 Å². The maximum Gasteiger partial charge on any atom is 0.418 e. The monoisotopic (exact) mass is 536 g/mol. The van der Waals surface area contributed by atoms with Crippen LogP contribution in [0, 0.1) is 6.92 Å². The fraction of sp³-hybridized carbons (Fsp3) is 0.391. The molecule has 0 bridgehead atoms. The number of aliphatic hydroxyl groups is 1. The molecule has 0 aliphatic carbocycles. The zero-order valence-corrected chi connectivity index (χ0v) is 19.9. The molecule has 0 radical (unpaired) electrons. The summed E-state index contributed by atoms with van der Waals surface area (Å²) in [5.74, 6) is 0.00110. The summed E-state index contributed by atoms with van der Waals surface area (Å²) in [6.07, 6.45) is -10.1. The molecule has 0 amide bonds. The number of alkyl halides is 3. The number of hydrogen-bond acceptors (Lipinski definition) is 7. The Labute approximate surface area is 213 Å². The minimum absolute atomic E-state index is 0.00296. The van der Waals surface area contributed by atoms with Crippen LogP contribution in [-0.4, -0.2) is 50.8 Å². The Balaban J connectivity index is 1.53. The lowest BCUT2D eigenvalue weighted by atomic mass is 9.91. The van der Waals surface area contributed by atoms with E-state index in [4.69, 9.17) is 25.8 Å². The fourth-order valence-electron chi connectivity index (χ4n) is 4.51. The fourth-order valence-corrected chi connectivity index (χ4v) is 4.68. The van der Waals surface area contributed by atoms with Crippen LogP contribution >= 0.6 is 11.6 Å². The Hall–Kier alpha value is -3.19. The van der Waals surface area contributed by atoms with E-state index in [-0.39, 0.29) is 23.3 Å². The highest BCUT2D eigenvalue weighted by Crippen LogP contribution is 2.42. The number of benzene rings is 2. The van der Waals surface area contributed by atoms with Gasteiger partial charge in [-0.05, 0) is 30.7 Å². The van der Waals surface area contributed by atoms with Gasteiger partial charge < -0.3 is 19.3 Å². The second-order valence-corrected chi connectivity index (χ2v) is 8.98. The van der Waals surface area contributed by atoms with Gasteiger partial charge >= 0.3 is 6.18 Å². The van der Waals surface area contributed by atoms with Crippen molar-refractivity contribution in [3.05, 3.63) is 86.8 Å². The molecule has 2 saturated heterocycles. The van der Waals surface area contributed by atoms with E-state index in [1.807, 2.05) is 18.2 Å². The first-order chi connectivity index (χ1) is 17.7. The van der Waals surface area contributed by atoms with Crippen LogP contribution in [-0.2, 0) is 20.4 Å². The van der Waals surface area contributed by atoms with Crippen LogP contribution in [0.5, 0.6) is 0 Å². The van der Waals surface area contributed by atoms with Gasteiger partial charge in [0.25, 0.3) is 0 Å². The molecule has 2 fully saturated rings. The second kappa shape index (κ2) is 9.93. The summed E-state index contributed by atoms with van der Waals surface area (Å²) in [7, 11) is 0. The molecule has 6 atom stereocenters. The highest BCUT2D eigenvalue weighted by atomic mass is 35.5. The van der Waals surface area contributed by atoms with Crippen molar-refractivity contribution in [2.45, 2.75) is 49.8 Å². The molecule has 2 aliphatic rings. The average molecular weight is 537 g/mol. The average Bonchev–Trinajstić information content (AvgIpc) is 3.26. The normalized spacial score (nSPS) is 27.8. The quantitative estimate of drug-likeness (QED) is 0.289. The van der Waals surface area contributed by atoms with Crippen LogP contribution in [0.2, 0.25) is 5.02 Å². The highest BCUT2D eigenvalue weighted by molar-refractivity contribution is 6.30. The van der Waals surface area contributed by atoms with Crippen molar-refractivity contribution in [2.24, 2.45) is 5.11 Å². The third kappa shape index (κ3) is 4.89. The van der Waals surface area contributed by atoms with Crippen molar-refractivity contribution in [3.63, 3.8) is 0 Å². The summed E-state index contributed by atoms with van der Waals surface area (Å²) >= 11 is 6.01. The van der Waals surface area contributed by atoms with Gasteiger partial charge in [0.05, 0.1) is 30.0 Å². The lowest BCUT2D eigenvalue weighted by Gasteiger charge is -2.46. The molecule has 3 aromatic rings. The number of aliphatic hydroxyl groups excluding tert-OH is 1. The number of aryl methyl sites for hydroxylation is 1. The number of aromatic nitrogens is 3. The van der Waals surface area contributed by atoms with Crippen LogP contribution in [0.15, 0.2) is 53.6 Å². The highest BCUT2D eigenvalue weighted by Gasteiger charge is 2.51. The third-order valence-corrected chi connectivity index (χ3v) is 6.35. The molecule has 2 aromatic carbocycles. The van der Waals surface area contributed by atoms with E-state index in [0.717, 1.165) is 22.9 Å². The predicted octanol–water partition coefficient (Wildman–Crippen LogP) is 4.84. The summed E-state index contributed by atoms with van der Waals surface area (Å²) in [6, 6.07) is 10.9. The smallest absolute Gasteiger partial charge is 0.389 e. The maximum absolute atomic E-state index is 13.8. The lowest BCUT2D eigenvalue weighted by molar-refractivity contribution is -0.309. The minimum atomic E-state index is -4.72. The van der Waals surface area contributed by atoms with Gasteiger partial charge in [-0.2, -0.15) is 18.3 Å². The van der Waals surface area contributed by atoms with E-state index in [2.05, 4.69) is 20.1 Å². The molecule has 3 unspecified atom stereocenters. The number of rotatable bonds is 4. The molecule has 194 valence electrons. The van der Waals surface area contributed by atoms with Crippen LogP contribution < -0.4 is 0 Å². The minimum Gasteiger partial charge on any atom is -0.389 e. The van der Waals surface area contributed by atoms with Crippen LogP contribution in [0.3, 0.4) is 0 Å². The van der Waals surface area contributed by atoms with E-state index in [0.29, 0.717) is 5.56 Å². The predicted molar refractivity (Wildman–Crippen MR) is 123 cm³/mol. The first-order valence-corrected chi connectivity index (χ1v) is 11.6. The van der Waals surface area contributed by atoms with Crippen LogP contribution in [0.1, 0.15) is 35.2 Å². The van der Waals surface area contributed by atoms with E-state index in [1.54, 1.807) is 12.1 Å². The number of hydrogen-bond donors (Lipinski definition) is 1. The molecule has 1 aromatic heterocycles. The molecular weight excluding hydrogens is 517 g/mol. The molecule has 5 rings (SSSR count).